The van der Waals surface area contributed by atoms with Crippen molar-refractivity contribution in [1.82, 2.24) is 0 Å². The predicted octanol–water partition coefficient (Wildman–Crippen LogP) is 2.87. The molecule has 1 aromatic rings. The molecule has 1 unspecified atom stereocenters. The Bertz CT molecular complexity index is 455. The maximum atomic E-state index is 11.2. The monoisotopic (exact) mass is 284 g/mol. The number of carbonyl (C=O) groups is 1. The van der Waals surface area contributed by atoms with Crippen LogP contribution >= 0.6 is 11.6 Å². The molecular weight excluding hydrogens is 268 g/mol. The van der Waals surface area contributed by atoms with Crippen LogP contribution in [0.15, 0.2) is 18.2 Å². The van der Waals surface area contributed by atoms with Crippen LogP contribution in [0.25, 0.3) is 0 Å². The summed E-state index contributed by atoms with van der Waals surface area (Å²) in [6.45, 7) is 0. The second kappa shape index (κ2) is 6.26. The van der Waals surface area contributed by atoms with Crippen LogP contribution in [0.5, 0.6) is 5.75 Å². The fraction of sp³-hybridized carbons (Fsp3) is 0.500. The summed E-state index contributed by atoms with van der Waals surface area (Å²) in [6.07, 6.45) is 3.35. The molecular formula is C14H17ClO4. The summed E-state index contributed by atoms with van der Waals surface area (Å²) in [5.41, 5.74) is 0.399. The molecule has 1 aliphatic rings. The van der Waals surface area contributed by atoms with E-state index < -0.39 is 12.1 Å². The van der Waals surface area contributed by atoms with Crippen molar-refractivity contribution in [3.8, 4) is 5.75 Å². The number of benzene rings is 1. The van der Waals surface area contributed by atoms with Gasteiger partial charge in [-0.1, -0.05) is 17.7 Å². The van der Waals surface area contributed by atoms with Crippen LogP contribution in [0.1, 0.15) is 37.4 Å². The molecule has 0 saturated heterocycles. The first-order chi connectivity index (χ1) is 9.11. The molecule has 1 aromatic carbocycles. The fourth-order valence-corrected chi connectivity index (χ4v) is 2.45. The Morgan fingerprint density at radius 3 is 2.68 bits per heavy atom. The van der Waals surface area contributed by atoms with Gasteiger partial charge in [0.1, 0.15) is 5.75 Å². The van der Waals surface area contributed by atoms with Gasteiger partial charge in [-0.2, -0.15) is 0 Å². The third-order valence-electron chi connectivity index (χ3n) is 3.29. The van der Waals surface area contributed by atoms with E-state index in [2.05, 4.69) is 4.74 Å². The maximum Gasteiger partial charge on any atom is 0.339 e. The van der Waals surface area contributed by atoms with E-state index >= 15 is 0 Å². The molecule has 1 N–H and O–H groups in total. The van der Waals surface area contributed by atoms with Gasteiger partial charge >= 0.3 is 5.97 Å². The molecule has 0 amide bonds. The first-order valence-corrected chi connectivity index (χ1v) is 6.71. The molecule has 1 aliphatic carbocycles. The number of hydrogen-bond acceptors (Lipinski definition) is 4. The summed E-state index contributed by atoms with van der Waals surface area (Å²) in [5.74, 6) is -0.116. The third-order valence-corrected chi connectivity index (χ3v) is 3.59. The lowest BCUT2D eigenvalue weighted by Gasteiger charge is -2.16. The molecule has 0 aromatic heterocycles. The lowest BCUT2D eigenvalue weighted by molar-refractivity contribution is -0.150. The highest BCUT2D eigenvalue weighted by molar-refractivity contribution is 6.32. The Balaban J connectivity index is 2.10. The molecule has 0 spiro atoms. The lowest BCUT2D eigenvalue weighted by Crippen LogP contribution is -2.14. The van der Waals surface area contributed by atoms with E-state index in [-0.39, 0.29) is 6.10 Å². The Labute approximate surface area is 117 Å². The van der Waals surface area contributed by atoms with Crippen molar-refractivity contribution in [2.45, 2.75) is 37.9 Å². The summed E-state index contributed by atoms with van der Waals surface area (Å²) in [4.78, 5) is 11.2. The minimum atomic E-state index is -1.32. The number of methoxy groups -OCH3 is 1. The quantitative estimate of drug-likeness (QED) is 0.864. The highest BCUT2D eigenvalue weighted by atomic mass is 35.5. The zero-order chi connectivity index (χ0) is 13.8. The van der Waals surface area contributed by atoms with Crippen molar-refractivity contribution in [3.63, 3.8) is 0 Å². The fourth-order valence-electron chi connectivity index (χ4n) is 2.22. The largest absolute Gasteiger partial charge is 0.489 e. The van der Waals surface area contributed by atoms with E-state index in [0.717, 1.165) is 12.8 Å². The number of aliphatic hydroxyl groups is 1. The molecule has 0 bridgehead atoms. The summed E-state index contributed by atoms with van der Waals surface area (Å²) in [6, 6.07) is 4.84. The Morgan fingerprint density at radius 2 is 2.11 bits per heavy atom. The second-order valence-electron chi connectivity index (χ2n) is 4.64. The number of carbonyl (C=O) groups excluding carboxylic acids is 1. The van der Waals surface area contributed by atoms with Gasteiger partial charge in [0.05, 0.1) is 18.2 Å². The molecule has 0 aliphatic heterocycles. The van der Waals surface area contributed by atoms with E-state index in [1.165, 1.54) is 26.0 Å². The topological polar surface area (TPSA) is 55.8 Å². The molecule has 104 valence electrons. The summed E-state index contributed by atoms with van der Waals surface area (Å²) in [5, 5.41) is 10.1. The predicted molar refractivity (Wildman–Crippen MR) is 71.3 cm³/mol. The second-order valence-corrected chi connectivity index (χ2v) is 5.05. The minimum Gasteiger partial charge on any atom is -0.489 e. The number of esters is 1. The molecule has 0 heterocycles. The number of halogens is 1. The molecule has 4 nitrogen and oxygen atoms in total. The molecule has 5 heteroatoms. The number of rotatable bonds is 4. The summed E-state index contributed by atoms with van der Waals surface area (Å²) < 4.78 is 10.3. The average molecular weight is 285 g/mol. The highest BCUT2D eigenvalue weighted by Crippen LogP contribution is 2.32. The van der Waals surface area contributed by atoms with E-state index in [4.69, 9.17) is 16.3 Å². The lowest BCUT2D eigenvalue weighted by atomic mass is 10.1. The number of hydrogen-bond donors (Lipinski definition) is 1. The van der Waals surface area contributed by atoms with Crippen molar-refractivity contribution in [1.29, 1.82) is 0 Å². The van der Waals surface area contributed by atoms with Crippen molar-refractivity contribution in [2.24, 2.45) is 0 Å². The standard InChI is InChI=1S/C14H17ClO4/c1-18-14(17)13(16)9-6-7-12(11(15)8-9)19-10-4-2-3-5-10/h6-8,10,13,16H,2-5H2,1H3. The van der Waals surface area contributed by atoms with Crippen LogP contribution in [-0.4, -0.2) is 24.3 Å². The van der Waals surface area contributed by atoms with Gasteiger partial charge in [-0.05, 0) is 43.4 Å². The Morgan fingerprint density at radius 1 is 1.42 bits per heavy atom. The van der Waals surface area contributed by atoms with Gasteiger partial charge < -0.3 is 14.6 Å². The minimum absolute atomic E-state index is 0.217. The SMILES string of the molecule is COC(=O)C(O)c1ccc(OC2CCCC2)c(Cl)c1. The summed E-state index contributed by atoms with van der Waals surface area (Å²) in [7, 11) is 1.23. The first kappa shape index (κ1) is 14.2. The van der Waals surface area contributed by atoms with Crippen LogP contribution in [0.4, 0.5) is 0 Å². The van der Waals surface area contributed by atoms with Gasteiger partial charge in [-0.25, -0.2) is 4.79 Å². The third kappa shape index (κ3) is 3.39. The van der Waals surface area contributed by atoms with Crippen molar-refractivity contribution in [2.75, 3.05) is 7.11 Å². The Kier molecular flexibility index (Phi) is 4.66. The van der Waals surface area contributed by atoms with Crippen molar-refractivity contribution >= 4 is 17.6 Å². The van der Waals surface area contributed by atoms with Crippen LogP contribution in [0, 0.1) is 0 Å². The molecule has 1 saturated carbocycles. The van der Waals surface area contributed by atoms with Gasteiger partial charge in [-0.3, -0.25) is 0 Å². The van der Waals surface area contributed by atoms with Crippen molar-refractivity contribution < 1.29 is 19.4 Å². The Hall–Kier alpha value is -1.26. The molecule has 1 atom stereocenters. The van der Waals surface area contributed by atoms with E-state index in [9.17, 15) is 9.90 Å². The zero-order valence-corrected chi connectivity index (χ0v) is 11.5. The van der Waals surface area contributed by atoms with Gasteiger partial charge in [0.25, 0.3) is 0 Å². The number of aliphatic hydroxyl groups excluding tert-OH is 1. The van der Waals surface area contributed by atoms with Crippen LogP contribution in [0.2, 0.25) is 5.02 Å². The number of ether oxygens (including phenoxy) is 2. The zero-order valence-electron chi connectivity index (χ0n) is 10.8. The van der Waals surface area contributed by atoms with E-state index in [0.29, 0.717) is 16.3 Å². The normalized spacial score (nSPS) is 17.2. The van der Waals surface area contributed by atoms with Crippen molar-refractivity contribution in [3.05, 3.63) is 28.8 Å². The van der Waals surface area contributed by atoms with E-state index in [1.54, 1.807) is 12.1 Å². The maximum absolute atomic E-state index is 11.2. The van der Waals surface area contributed by atoms with Gasteiger partial charge in [0.15, 0.2) is 6.10 Å². The molecule has 1 fully saturated rings. The van der Waals surface area contributed by atoms with Crippen LogP contribution in [0.3, 0.4) is 0 Å². The highest BCUT2D eigenvalue weighted by Gasteiger charge is 2.21. The smallest absolute Gasteiger partial charge is 0.339 e. The molecule has 2 rings (SSSR count). The van der Waals surface area contributed by atoms with Crippen LogP contribution in [-0.2, 0) is 9.53 Å². The van der Waals surface area contributed by atoms with Gasteiger partial charge in [-0.15, -0.1) is 0 Å². The van der Waals surface area contributed by atoms with E-state index in [1.807, 2.05) is 0 Å². The summed E-state index contributed by atoms with van der Waals surface area (Å²) >= 11 is 6.11. The molecule has 0 radical (unpaired) electrons. The first-order valence-electron chi connectivity index (χ1n) is 6.34. The molecule has 19 heavy (non-hydrogen) atoms. The van der Waals surface area contributed by atoms with Gasteiger partial charge in [0.2, 0.25) is 0 Å². The van der Waals surface area contributed by atoms with Crippen LogP contribution < -0.4 is 4.74 Å². The average Bonchev–Trinajstić information content (AvgIpc) is 2.92. The van der Waals surface area contributed by atoms with Gasteiger partial charge in [0, 0.05) is 0 Å².